The van der Waals surface area contributed by atoms with E-state index in [4.69, 9.17) is 4.74 Å². The summed E-state index contributed by atoms with van der Waals surface area (Å²) in [6.45, 7) is 3.22. The first-order valence-electron chi connectivity index (χ1n) is 7.51. The van der Waals surface area contributed by atoms with E-state index in [0.717, 1.165) is 23.3 Å². The van der Waals surface area contributed by atoms with E-state index in [9.17, 15) is 18.0 Å². The van der Waals surface area contributed by atoms with Gasteiger partial charge in [-0.3, -0.25) is 4.79 Å². The number of carbonyl (C=O) groups is 1. The van der Waals surface area contributed by atoms with Crippen molar-refractivity contribution < 1.29 is 22.7 Å². The molecule has 0 aliphatic heterocycles. The Hall–Kier alpha value is -2.34. The SMILES string of the molecule is CCOCc1ccccc1CNC(=O)c1ccc(C(F)(F)F)cc1. The summed E-state index contributed by atoms with van der Waals surface area (Å²) in [4.78, 5) is 12.1. The van der Waals surface area contributed by atoms with Gasteiger partial charge in [-0.05, 0) is 42.3 Å². The summed E-state index contributed by atoms with van der Waals surface area (Å²) in [7, 11) is 0. The molecule has 3 nitrogen and oxygen atoms in total. The molecule has 6 heteroatoms. The zero-order valence-corrected chi connectivity index (χ0v) is 13.2. The summed E-state index contributed by atoms with van der Waals surface area (Å²) in [5.74, 6) is -0.421. The van der Waals surface area contributed by atoms with Crippen LogP contribution in [0, 0.1) is 0 Å². The molecule has 0 saturated heterocycles. The molecule has 2 rings (SSSR count). The summed E-state index contributed by atoms with van der Waals surface area (Å²) in [5.41, 5.74) is 1.28. The van der Waals surface area contributed by atoms with Crippen molar-refractivity contribution in [2.75, 3.05) is 6.61 Å². The average molecular weight is 337 g/mol. The van der Waals surface area contributed by atoms with Crippen LogP contribution in [0.4, 0.5) is 13.2 Å². The Morgan fingerprint density at radius 2 is 1.67 bits per heavy atom. The van der Waals surface area contributed by atoms with Gasteiger partial charge in [-0.25, -0.2) is 0 Å². The molecule has 0 atom stereocenters. The third kappa shape index (κ3) is 4.83. The summed E-state index contributed by atoms with van der Waals surface area (Å²) in [5, 5.41) is 2.71. The Balaban J connectivity index is 2.01. The van der Waals surface area contributed by atoms with Crippen molar-refractivity contribution in [3.8, 4) is 0 Å². The molecule has 128 valence electrons. The van der Waals surface area contributed by atoms with Crippen LogP contribution in [0.3, 0.4) is 0 Å². The number of amides is 1. The fourth-order valence-corrected chi connectivity index (χ4v) is 2.17. The number of halogens is 3. The number of benzene rings is 2. The highest BCUT2D eigenvalue weighted by Crippen LogP contribution is 2.29. The number of ether oxygens (including phenoxy) is 1. The molecule has 0 aliphatic rings. The Bertz CT molecular complexity index is 681. The van der Waals surface area contributed by atoms with E-state index < -0.39 is 17.6 Å². The van der Waals surface area contributed by atoms with Gasteiger partial charge in [0.1, 0.15) is 0 Å². The predicted molar refractivity (Wildman–Crippen MR) is 84.4 cm³/mol. The molecule has 0 radical (unpaired) electrons. The number of nitrogens with one attached hydrogen (secondary N) is 1. The highest BCUT2D eigenvalue weighted by atomic mass is 19.4. The maximum Gasteiger partial charge on any atom is 0.416 e. The third-order valence-electron chi connectivity index (χ3n) is 3.49. The number of hydrogen-bond acceptors (Lipinski definition) is 2. The van der Waals surface area contributed by atoms with Gasteiger partial charge in [0, 0.05) is 18.7 Å². The lowest BCUT2D eigenvalue weighted by Crippen LogP contribution is -2.23. The molecule has 24 heavy (non-hydrogen) atoms. The van der Waals surface area contributed by atoms with Gasteiger partial charge in [0.2, 0.25) is 0 Å². The fraction of sp³-hybridized carbons (Fsp3) is 0.278. The molecular formula is C18H18F3NO2. The zero-order chi connectivity index (χ0) is 17.6. The van der Waals surface area contributed by atoms with Crippen LogP contribution < -0.4 is 5.32 Å². The number of carbonyl (C=O) groups excluding carboxylic acids is 1. The van der Waals surface area contributed by atoms with Gasteiger partial charge in [-0.1, -0.05) is 24.3 Å². The fourth-order valence-electron chi connectivity index (χ4n) is 2.17. The Labute approximate surface area is 138 Å². The molecule has 0 bridgehead atoms. The highest BCUT2D eigenvalue weighted by Gasteiger charge is 2.30. The van der Waals surface area contributed by atoms with E-state index in [0.29, 0.717) is 13.2 Å². The lowest BCUT2D eigenvalue weighted by molar-refractivity contribution is -0.137. The van der Waals surface area contributed by atoms with Crippen molar-refractivity contribution in [2.24, 2.45) is 0 Å². The summed E-state index contributed by atoms with van der Waals surface area (Å²) >= 11 is 0. The lowest BCUT2D eigenvalue weighted by Gasteiger charge is -2.11. The van der Waals surface area contributed by atoms with E-state index in [1.54, 1.807) is 0 Å². The van der Waals surface area contributed by atoms with Gasteiger partial charge < -0.3 is 10.1 Å². The van der Waals surface area contributed by atoms with E-state index >= 15 is 0 Å². The minimum atomic E-state index is -4.41. The molecule has 1 amide bonds. The van der Waals surface area contributed by atoms with Crippen LogP contribution in [-0.2, 0) is 24.1 Å². The molecular weight excluding hydrogens is 319 g/mol. The second-order valence-corrected chi connectivity index (χ2v) is 5.16. The molecule has 2 aromatic carbocycles. The maximum atomic E-state index is 12.5. The second-order valence-electron chi connectivity index (χ2n) is 5.16. The van der Waals surface area contributed by atoms with Crippen molar-refractivity contribution in [2.45, 2.75) is 26.3 Å². The Morgan fingerprint density at radius 1 is 1.04 bits per heavy atom. The first-order chi connectivity index (χ1) is 11.4. The van der Waals surface area contributed by atoms with E-state index in [2.05, 4.69) is 5.32 Å². The van der Waals surface area contributed by atoms with Crippen molar-refractivity contribution in [3.05, 3.63) is 70.8 Å². The van der Waals surface area contributed by atoms with Gasteiger partial charge in [0.05, 0.1) is 12.2 Å². The van der Waals surface area contributed by atoms with Gasteiger partial charge in [0.15, 0.2) is 0 Å². The molecule has 0 heterocycles. The number of hydrogen-bond donors (Lipinski definition) is 1. The molecule has 0 spiro atoms. The van der Waals surface area contributed by atoms with Crippen LogP contribution in [0.1, 0.15) is 34.0 Å². The Morgan fingerprint density at radius 3 is 2.25 bits per heavy atom. The molecule has 0 aliphatic carbocycles. The van der Waals surface area contributed by atoms with Gasteiger partial charge in [-0.15, -0.1) is 0 Å². The monoisotopic (exact) mass is 337 g/mol. The first-order valence-corrected chi connectivity index (χ1v) is 7.51. The maximum absolute atomic E-state index is 12.5. The number of alkyl halides is 3. The average Bonchev–Trinajstić information content (AvgIpc) is 2.58. The van der Waals surface area contributed by atoms with Gasteiger partial charge >= 0.3 is 6.18 Å². The lowest BCUT2D eigenvalue weighted by atomic mass is 10.1. The smallest absolute Gasteiger partial charge is 0.377 e. The molecule has 2 aromatic rings. The molecule has 0 aromatic heterocycles. The van der Waals surface area contributed by atoms with E-state index in [-0.39, 0.29) is 12.1 Å². The summed E-state index contributed by atoms with van der Waals surface area (Å²) < 4.78 is 42.9. The molecule has 1 N–H and O–H groups in total. The van der Waals surface area contributed by atoms with Crippen LogP contribution in [0.15, 0.2) is 48.5 Å². The van der Waals surface area contributed by atoms with E-state index in [1.807, 2.05) is 31.2 Å². The normalized spacial score (nSPS) is 11.3. The molecule has 0 unspecified atom stereocenters. The molecule has 0 fully saturated rings. The van der Waals surface area contributed by atoms with Crippen LogP contribution in [0.25, 0.3) is 0 Å². The topological polar surface area (TPSA) is 38.3 Å². The zero-order valence-electron chi connectivity index (χ0n) is 13.2. The van der Waals surface area contributed by atoms with Gasteiger partial charge in [0.25, 0.3) is 5.91 Å². The summed E-state index contributed by atoms with van der Waals surface area (Å²) in [6.07, 6.45) is -4.41. The van der Waals surface area contributed by atoms with Crippen molar-refractivity contribution in [1.82, 2.24) is 5.32 Å². The quantitative estimate of drug-likeness (QED) is 0.859. The van der Waals surface area contributed by atoms with Crippen LogP contribution in [0.2, 0.25) is 0 Å². The minimum absolute atomic E-state index is 0.185. The predicted octanol–water partition coefficient (Wildman–Crippen LogP) is 4.17. The van der Waals surface area contributed by atoms with E-state index in [1.165, 1.54) is 12.1 Å². The first kappa shape index (κ1) is 18.0. The van der Waals surface area contributed by atoms with Gasteiger partial charge in [-0.2, -0.15) is 13.2 Å². The largest absolute Gasteiger partial charge is 0.416 e. The van der Waals surface area contributed by atoms with Crippen LogP contribution in [-0.4, -0.2) is 12.5 Å². The van der Waals surface area contributed by atoms with Crippen molar-refractivity contribution in [1.29, 1.82) is 0 Å². The minimum Gasteiger partial charge on any atom is -0.377 e. The third-order valence-corrected chi connectivity index (χ3v) is 3.49. The van der Waals surface area contributed by atoms with Crippen molar-refractivity contribution in [3.63, 3.8) is 0 Å². The number of rotatable bonds is 6. The van der Waals surface area contributed by atoms with Crippen molar-refractivity contribution >= 4 is 5.91 Å². The van der Waals surface area contributed by atoms with Crippen LogP contribution in [0.5, 0.6) is 0 Å². The standard InChI is InChI=1S/C18H18F3NO2/c1-2-24-12-15-6-4-3-5-14(15)11-22-17(23)13-7-9-16(10-8-13)18(19,20)21/h3-10H,2,11-12H2,1H3,(H,22,23). The molecule has 0 saturated carbocycles. The highest BCUT2D eigenvalue weighted by molar-refractivity contribution is 5.94. The Kier molecular flexibility index (Phi) is 5.98. The van der Waals surface area contributed by atoms with Crippen LogP contribution >= 0.6 is 0 Å². The summed E-state index contributed by atoms with van der Waals surface area (Å²) in [6, 6.07) is 11.7. The second kappa shape index (κ2) is 7.97.